The molecular formula is C16H25N7. The van der Waals surface area contributed by atoms with Crippen LogP contribution >= 0.6 is 0 Å². The van der Waals surface area contributed by atoms with E-state index in [0.29, 0.717) is 11.2 Å². The Kier molecular flexibility index (Phi) is 4.47. The molecule has 1 aliphatic rings. The molecule has 0 aromatic carbocycles. The van der Waals surface area contributed by atoms with E-state index in [-0.39, 0.29) is 5.95 Å². The molecule has 2 aromatic heterocycles. The van der Waals surface area contributed by atoms with E-state index in [2.05, 4.69) is 39.4 Å². The second kappa shape index (κ2) is 6.54. The first-order valence-electron chi connectivity index (χ1n) is 8.10. The Morgan fingerprint density at radius 2 is 2.09 bits per heavy atom. The summed E-state index contributed by atoms with van der Waals surface area (Å²) in [4.78, 5) is 10.8. The summed E-state index contributed by atoms with van der Waals surface area (Å²) in [7, 11) is 4.27. The molecule has 0 bridgehead atoms. The van der Waals surface area contributed by atoms with Crippen molar-refractivity contribution in [2.45, 2.75) is 25.7 Å². The highest BCUT2D eigenvalue weighted by atomic mass is 15.3. The molecular weight excluding hydrogens is 290 g/mol. The molecule has 3 N–H and O–H groups in total. The normalized spacial score (nSPS) is 16.8. The molecule has 7 heteroatoms. The summed E-state index contributed by atoms with van der Waals surface area (Å²) in [6, 6.07) is 3.75. The monoisotopic (exact) mass is 315 g/mol. The second-order valence-corrected chi connectivity index (χ2v) is 6.72. The Labute approximate surface area is 136 Å². The Bertz CT molecular complexity index is 630. The summed E-state index contributed by atoms with van der Waals surface area (Å²) in [5, 5.41) is 7.67. The molecule has 0 spiro atoms. The largest absolute Gasteiger partial charge is 0.369 e. The molecule has 0 amide bonds. The van der Waals surface area contributed by atoms with Crippen molar-refractivity contribution in [2.24, 2.45) is 5.41 Å². The van der Waals surface area contributed by atoms with Crippen molar-refractivity contribution < 1.29 is 0 Å². The zero-order valence-electron chi connectivity index (χ0n) is 13.9. The van der Waals surface area contributed by atoms with E-state index >= 15 is 0 Å². The molecule has 124 valence electrons. The molecule has 7 nitrogen and oxygen atoms in total. The molecule has 1 aliphatic carbocycles. The predicted molar refractivity (Wildman–Crippen MR) is 91.5 cm³/mol. The van der Waals surface area contributed by atoms with Gasteiger partial charge in [0.25, 0.3) is 0 Å². The summed E-state index contributed by atoms with van der Waals surface area (Å²) >= 11 is 0. The van der Waals surface area contributed by atoms with E-state index in [0.717, 1.165) is 18.9 Å². The first-order valence-corrected chi connectivity index (χ1v) is 8.10. The Morgan fingerprint density at radius 1 is 1.30 bits per heavy atom. The number of nitrogens with one attached hydrogen (secondary N) is 1. The smallest absolute Gasteiger partial charge is 0.224 e. The zero-order valence-corrected chi connectivity index (χ0v) is 13.9. The van der Waals surface area contributed by atoms with Gasteiger partial charge in [-0.25, -0.2) is 4.68 Å². The summed E-state index contributed by atoms with van der Waals surface area (Å²) in [5.74, 6) is 1.69. The first kappa shape index (κ1) is 15.7. The van der Waals surface area contributed by atoms with Crippen LogP contribution in [0.3, 0.4) is 0 Å². The number of nitrogens with two attached hydrogens (primary N) is 1. The number of hydrogen-bond acceptors (Lipinski definition) is 6. The van der Waals surface area contributed by atoms with Crippen LogP contribution in [0, 0.1) is 5.41 Å². The lowest BCUT2D eigenvalue weighted by Gasteiger charge is -2.32. The lowest BCUT2D eigenvalue weighted by atomic mass is 9.85. The SMILES string of the molecule is CN(C)CC1(CNc2cc(-n3cccn3)nc(N)n2)CCCC1. The van der Waals surface area contributed by atoms with E-state index in [1.165, 1.54) is 25.7 Å². The van der Waals surface area contributed by atoms with Crippen LogP contribution in [-0.2, 0) is 0 Å². The second-order valence-electron chi connectivity index (χ2n) is 6.72. The Balaban J connectivity index is 1.75. The molecule has 0 saturated heterocycles. The van der Waals surface area contributed by atoms with Crippen molar-refractivity contribution in [3.05, 3.63) is 24.5 Å². The van der Waals surface area contributed by atoms with Crippen molar-refractivity contribution in [3.63, 3.8) is 0 Å². The first-order chi connectivity index (χ1) is 11.1. The number of anilines is 2. The summed E-state index contributed by atoms with van der Waals surface area (Å²) < 4.78 is 1.69. The van der Waals surface area contributed by atoms with Gasteiger partial charge in [-0.2, -0.15) is 15.1 Å². The van der Waals surface area contributed by atoms with Crippen molar-refractivity contribution in [1.82, 2.24) is 24.6 Å². The molecule has 1 saturated carbocycles. The van der Waals surface area contributed by atoms with Crippen LogP contribution in [0.15, 0.2) is 24.5 Å². The van der Waals surface area contributed by atoms with Gasteiger partial charge in [-0.15, -0.1) is 0 Å². The summed E-state index contributed by atoms with van der Waals surface area (Å²) in [6.45, 7) is 1.99. The fraction of sp³-hybridized carbons (Fsp3) is 0.562. The molecule has 1 fully saturated rings. The van der Waals surface area contributed by atoms with Gasteiger partial charge in [-0.3, -0.25) is 0 Å². The highest BCUT2D eigenvalue weighted by Crippen LogP contribution is 2.38. The molecule has 0 atom stereocenters. The third-order valence-corrected chi connectivity index (χ3v) is 4.43. The maximum atomic E-state index is 5.85. The maximum absolute atomic E-state index is 5.85. The van der Waals surface area contributed by atoms with Gasteiger partial charge < -0.3 is 16.0 Å². The standard InChI is InChI=1S/C16H25N7/c1-22(2)12-16(6-3-4-7-16)11-18-13-10-14(21-15(17)20-13)23-9-5-8-19-23/h5,8-10H,3-4,6-7,11-12H2,1-2H3,(H3,17,18,20,21). The molecule has 0 aliphatic heterocycles. The Hall–Kier alpha value is -2.15. The molecule has 3 rings (SSSR count). The Morgan fingerprint density at radius 3 is 2.74 bits per heavy atom. The van der Waals surface area contributed by atoms with Crippen molar-refractivity contribution >= 4 is 11.8 Å². The predicted octanol–water partition coefficient (Wildman–Crippen LogP) is 1.78. The van der Waals surface area contributed by atoms with E-state index in [4.69, 9.17) is 5.73 Å². The number of aromatic nitrogens is 4. The van der Waals surface area contributed by atoms with Crippen LogP contribution < -0.4 is 11.1 Å². The van der Waals surface area contributed by atoms with Gasteiger partial charge in [0, 0.05) is 37.0 Å². The van der Waals surface area contributed by atoms with Gasteiger partial charge in [-0.1, -0.05) is 12.8 Å². The average molecular weight is 315 g/mol. The van der Waals surface area contributed by atoms with Crippen molar-refractivity contribution in [1.29, 1.82) is 0 Å². The van der Waals surface area contributed by atoms with Gasteiger partial charge in [0.1, 0.15) is 5.82 Å². The number of nitrogens with zero attached hydrogens (tertiary/aromatic N) is 5. The van der Waals surface area contributed by atoms with Gasteiger partial charge in [0.15, 0.2) is 5.82 Å². The number of nitrogen functional groups attached to an aromatic ring is 1. The molecule has 23 heavy (non-hydrogen) atoms. The molecule has 0 radical (unpaired) electrons. The maximum Gasteiger partial charge on any atom is 0.224 e. The van der Waals surface area contributed by atoms with E-state index in [1.807, 2.05) is 18.3 Å². The molecule has 2 aromatic rings. The van der Waals surface area contributed by atoms with Crippen LogP contribution in [0.2, 0.25) is 0 Å². The minimum atomic E-state index is 0.258. The van der Waals surface area contributed by atoms with Gasteiger partial charge in [0.05, 0.1) is 0 Å². The quantitative estimate of drug-likeness (QED) is 0.845. The topological polar surface area (TPSA) is 84.9 Å². The van der Waals surface area contributed by atoms with Gasteiger partial charge in [0.2, 0.25) is 5.95 Å². The number of rotatable bonds is 6. The minimum absolute atomic E-state index is 0.258. The third kappa shape index (κ3) is 3.79. The molecule has 2 heterocycles. The van der Waals surface area contributed by atoms with Crippen LogP contribution in [0.25, 0.3) is 5.82 Å². The van der Waals surface area contributed by atoms with Crippen LogP contribution in [0.5, 0.6) is 0 Å². The van der Waals surface area contributed by atoms with E-state index in [9.17, 15) is 0 Å². The lowest BCUT2D eigenvalue weighted by Crippen LogP contribution is -2.37. The zero-order chi connectivity index (χ0) is 16.3. The van der Waals surface area contributed by atoms with Crippen LogP contribution in [-0.4, -0.2) is 51.8 Å². The average Bonchev–Trinajstić information content (AvgIpc) is 3.16. The highest BCUT2D eigenvalue weighted by Gasteiger charge is 2.34. The summed E-state index contributed by atoms with van der Waals surface area (Å²) in [6.07, 6.45) is 8.68. The van der Waals surface area contributed by atoms with Gasteiger partial charge in [-0.05, 0) is 33.0 Å². The summed E-state index contributed by atoms with van der Waals surface area (Å²) in [5.41, 5.74) is 6.17. The van der Waals surface area contributed by atoms with E-state index < -0.39 is 0 Å². The van der Waals surface area contributed by atoms with E-state index in [1.54, 1.807) is 10.9 Å². The van der Waals surface area contributed by atoms with Gasteiger partial charge >= 0.3 is 0 Å². The van der Waals surface area contributed by atoms with Crippen LogP contribution in [0.4, 0.5) is 11.8 Å². The van der Waals surface area contributed by atoms with Crippen LogP contribution in [0.1, 0.15) is 25.7 Å². The van der Waals surface area contributed by atoms with Crippen molar-refractivity contribution in [3.8, 4) is 5.82 Å². The fourth-order valence-corrected chi connectivity index (χ4v) is 3.53. The lowest BCUT2D eigenvalue weighted by molar-refractivity contribution is 0.215. The third-order valence-electron chi connectivity index (χ3n) is 4.43. The van der Waals surface area contributed by atoms with Crippen molar-refractivity contribution in [2.75, 3.05) is 38.2 Å². The number of hydrogen-bond donors (Lipinski definition) is 2. The fourth-order valence-electron chi connectivity index (χ4n) is 3.53. The highest BCUT2D eigenvalue weighted by molar-refractivity contribution is 5.45. The minimum Gasteiger partial charge on any atom is -0.369 e. The molecule has 0 unspecified atom stereocenters.